The van der Waals surface area contributed by atoms with Crippen LogP contribution in [0.1, 0.15) is 46.2 Å². The molecule has 2 N–H and O–H groups in total. The Labute approximate surface area is 116 Å². The lowest BCUT2D eigenvalue weighted by Gasteiger charge is -2.47. The first-order chi connectivity index (χ1) is 8.69. The zero-order valence-corrected chi connectivity index (χ0v) is 12.6. The van der Waals surface area contributed by atoms with E-state index in [1.807, 2.05) is 13.1 Å². The molecule has 4 nitrogen and oxygen atoms in total. The van der Waals surface area contributed by atoms with Crippen LogP contribution in [0.3, 0.4) is 0 Å². The molecule has 106 valence electrons. The number of ether oxygens (including phenoxy) is 1. The van der Waals surface area contributed by atoms with E-state index in [9.17, 15) is 0 Å². The zero-order chi connectivity index (χ0) is 14.3. The van der Waals surface area contributed by atoms with E-state index in [1.54, 1.807) is 0 Å². The summed E-state index contributed by atoms with van der Waals surface area (Å²) in [5.74, 6) is 0.994. The van der Waals surface area contributed by atoms with Gasteiger partial charge in [-0.2, -0.15) is 0 Å². The molecule has 4 heteroatoms. The molecule has 0 radical (unpaired) electrons. The lowest BCUT2D eigenvalue weighted by Crippen LogP contribution is -2.57. The molecule has 19 heavy (non-hydrogen) atoms. The first-order valence-corrected chi connectivity index (χ1v) is 6.85. The number of hydrogen-bond acceptors (Lipinski definition) is 4. The Morgan fingerprint density at radius 1 is 1.21 bits per heavy atom. The summed E-state index contributed by atoms with van der Waals surface area (Å²) in [6, 6.07) is 4.14. The van der Waals surface area contributed by atoms with Crippen molar-refractivity contribution in [2.75, 3.05) is 18.0 Å². The van der Waals surface area contributed by atoms with Crippen molar-refractivity contribution in [2.24, 2.45) is 5.73 Å². The Balaban J connectivity index is 2.21. The molecule has 0 saturated carbocycles. The van der Waals surface area contributed by atoms with Crippen LogP contribution in [0.2, 0.25) is 0 Å². The maximum Gasteiger partial charge on any atom is 0.128 e. The van der Waals surface area contributed by atoms with Crippen LogP contribution in [0, 0.1) is 0 Å². The quantitative estimate of drug-likeness (QED) is 0.890. The molecular weight excluding hydrogens is 238 g/mol. The fourth-order valence-corrected chi connectivity index (χ4v) is 2.80. The molecule has 0 unspecified atom stereocenters. The van der Waals surface area contributed by atoms with Crippen molar-refractivity contribution in [3.63, 3.8) is 0 Å². The molecule has 0 aromatic carbocycles. The third-order valence-corrected chi connectivity index (χ3v) is 3.32. The van der Waals surface area contributed by atoms with Crippen molar-refractivity contribution in [2.45, 2.75) is 51.9 Å². The van der Waals surface area contributed by atoms with E-state index in [1.165, 1.54) is 0 Å². The van der Waals surface area contributed by atoms with Gasteiger partial charge in [-0.25, -0.2) is 4.98 Å². The van der Waals surface area contributed by atoms with Gasteiger partial charge in [-0.15, -0.1) is 0 Å². The van der Waals surface area contributed by atoms with Gasteiger partial charge in [0.2, 0.25) is 0 Å². The summed E-state index contributed by atoms with van der Waals surface area (Å²) in [5.41, 5.74) is 6.59. The van der Waals surface area contributed by atoms with Crippen molar-refractivity contribution >= 4 is 5.82 Å². The maximum atomic E-state index is 6.09. The molecule has 1 atom stereocenters. The highest BCUT2D eigenvalue weighted by atomic mass is 16.5. The molecule has 0 amide bonds. The van der Waals surface area contributed by atoms with Crippen LogP contribution >= 0.6 is 0 Å². The fraction of sp³-hybridized carbons (Fsp3) is 0.667. The van der Waals surface area contributed by atoms with Crippen LogP contribution in [0.25, 0.3) is 0 Å². The van der Waals surface area contributed by atoms with Crippen molar-refractivity contribution in [3.8, 4) is 0 Å². The second-order valence-electron chi connectivity index (χ2n) is 6.72. The first-order valence-electron chi connectivity index (χ1n) is 6.85. The smallest absolute Gasteiger partial charge is 0.128 e. The highest BCUT2D eigenvalue weighted by molar-refractivity contribution is 5.41. The van der Waals surface area contributed by atoms with E-state index >= 15 is 0 Å². The lowest BCUT2D eigenvalue weighted by atomic mass is 9.99. The van der Waals surface area contributed by atoms with Gasteiger partial charge < -0.3 is 15.4 Å². The number of nitrogens with zero attached hydrogens (tertiary/aromatic N) is 2. The first kappa shape index (κ1) is 14.3. The molecule has 0 spiro atoms. The Morgan fingerprint density at radius 2 is 1.79 bits per heavy atom. The summed E-state index contributed by atoms with van der Waals surface area (Å²) >= 11 is 0. The van der Waals surface area contributed by atoms with Crippen molar-refractivity contribution in [1.29, 1.82) is 0 Å². The average molecular weight is 263 g/mol. The number of morpholine rings is 1. The molecule has 1 aromatic heterocycles. The topological polar surface area (TPSA) is 51.4 Å². The zero-order valence-electron chi connectivity index (χ0n) is 12.6. The van der Waals surface area contributed by atoms with Crippen LogP contribution in [0.4, 0.5) is 5.82 Å². The normalized spacial score (nSPS) is 23.2. The summed E-state index contributed by atoms with van der Waals surface area (Å²) in [6.07, 6.45) is 1.87. The SMILES string of the molecule is C[C@H](N)c1ccc(N2CC(C)(C)OC(C)(C)C2)nc1. The molecule has 1 saturated heterocycles. The summed E-state index contributed by atoms with van der Waals surface area (Å²) in [6.45, 7) is 12.2. The number of anilines is 1. The highest BCUT2D eigenvalue weighted by Crippen LogP contribution is 2.30. The standard InChI is InChI=1S/C15H25N3O/c1-11(16)12-6-7-13(17-8-12)18-9-14(2,3)19-15(4,5)10-18/h6-8,11H,9-10,16H2,1-5H3/t11-/m0/s1. The molecule has 1 aromatic rings. The summed E-state index contributed by atoms with van der Waals surface area (Å²) in [4.78, 5) is 6.83. The van der Waals surface area contributed by atoms with Crippen LogP contribution in [0.15, 0.2) is 18.3 Å². The van der Waals surface area contributed by atoms with E-state index in [-0.39, 0.29) is 17.2 Å². The predicted octanol–water partition coefficient (Wildman–Crippen LogP) is 2.50. The molecule has 1 aliphatic heterocycles. The minimum atomic E-state index is -0.163. The van der Waals surface area contributed by atoms with Gasteiger partial charge in [-0.1, -0.05) is 6.07 Å². The minimum absolute atomic E-state index is 0.0270. The predicted molar refractivity (Wildman–Crippen MR) is 78.3 cm³/mol. The maximum absolute atomic E-state index is 6.09. The van der Waals surface area contributed by atoms with Crippen LogP contribution in [0.5, 0.6) is 0 Å². The second-order valence-corrected chi connectivity index (χ2v) is 6.72. The van der Waals surface area contributed by atoms with E-state index in [4.69, 9.17) is 10.5 Å². The third kappa shape index (κ3) is 3.45. The molecule has 0 aliphatic carbocycles. The van der Waals surface area contributed by atoms with E-state index in [2.05, 4.69) is 49.7 Å². The van der Waals surface area contributed by atoms with Crippen molar-refractivity contribution < 1.29 is 4.74 Å². The number of nitrogens with two attached hydrogens (primary N) is 1. The Morgan fingerprint density at radius 3 is 2.21 bits per heavy atom. The number of hydrogen-bond donors (Lipinski definition) is 1. The van der Waals surface area contributed by atoms with Gasteiger partial charge in [0.1, 0.15) is 5.82 Å². The summed E-state index contributed by atoms with van der Waals surface area (Å²) < 4.78 is 6.09. The second kappa shape index (κ2) is 4.76. The van der Waals surface area contributed by atoms with Gasteiger partial charge in [0.05, 0.1) is 11.2 Å². The van der Waals surface area contributed by atoms with Gasteiger partial charge in [-0.05, 0) is 46.2 Å². The monoisotopic (exact) mass is 263 g/mol. The highest BCUT2D eigenvalue weighted by Gasteiger charge is 2.38. The Kier molecular flexibility index (Phi) is 3.58. The Hall–Kier alpha value is -1.13. The molecule has 0 bridgehead atoms. The molecule has 2 heterocycles. The third-order valence-electron chi connectivity index (χ3n) is 3.32. The van der Waals surface area contributed by atoms with Crippen LogP contribution < -0.4 is 10.6 Å². The van der Waals surface area contributed by atoms with Gasteiger partial charge >= 0.3 is 0 Å². The molecule has 2 rings (SSSR count). The average Bonchev–Trinajstić information content (AvgIpc) is 2.25. The van der Waals surface area contributed by atoms with Crippen molar-refractivity contribution in [3.05, 3.63) is 23.9 Å². The van der Waals surface area contributed by atoms with Crippen LogP contribution in [-0.4, -0.2) is 29.3 Å². The van der Waals surface area contributed by atoms with Crippen molar-refractivity contribution in [1.82, 2.24) is 4.98 Å². The van der Waals surface area contributed by atoms with Crippen LogP contribution in [-0.2, 0) is 4.74 Å². The Bertz CT molecular complexity index is 421. The summed E-state index contributed by atoms with van der Waals surface area (Å²) in [5, 5.41) is 0. The number of aromatic nitrogens is 1. The number of rotatable bonds is 2. The van der Waals surface area contributed by atoms with Gasteiger partial charge in [-0.3, -0.25) is 0 Å². The van der Waals surface area contributed by atoms with Gasteiger partial charge in [0.25, 0.3) is 0 Å². The van der Waals surface area contributed by atoms with Gasteiger partial charge in [0, 0.05) is 25.3 Å². The van der Waals surface area contributed by atoms with E-state index < -0.39 is 0 Å². The number of pyridine rings is 1. The minimum Gasteiger partial charge on any atom is -0.366 e. The fourth-order valence-electron chi connectivity index (χ4n) is 2.80. The lowest BCUT2D eigenvalue weighted by molar-refractivity contribution is -0.133. The molecule has 1 fully saturated rings. The summed E-state index contributed by atoms with van der Waals surface area (Å²) in [7, 11) is 0. The van der Waals surface area contributed by atoms with E-state index in [0.29, 0.717) is 0 Å². The molecule has 1 aliphatic rings. The molecular formula is C15H25N3O. The largest absolute Gasteiger partial charge is 0.366 e. The van der Waals surface area contributed by atoms with Gasteiger partial charge in [0.15, 0.2) is 0 Å². The van der Waals surface area contributed by atoms with E-state index in [0.717, 1.165) is 24.5 Å².